The molecule has 0 aliphatic carbocycles. The normalized spacial score (nSPS) is 23.3. The van der Waals surface area contributed by atoms with Crippen LogP contribution in [0, 0.1) is 0 Å². The fourth-order valence-electron chi connectivity index (χ4n) is 4.37. The molecule has 1 aromatic rings. The van der Waals surface area contributed by atoms with Crippen molar-refractivity contribution in [2.75, 3.05) is 44.2 Å². The summed E-state index contributed by atoms with van der Waals surface area (Å²) >= 11 is 12.5. The Morgan fingerprint density at radius 1 is 1.03 bits per heavy atom. The minimum Gasteiger partial charge on any atom is -0.368 e. The molecule has 1 saturated heterocycles. The number of hydrogen-bond donors (Lipinski definition) is 0. The van der Waals surface area contributed by atoms with Crippen LogP contribution in [-0.2, 0) is 0 Å². The van der Waals surface area contributed by atoms with Gasteiger partial charge in [-0.1, -0.05) is 34.4 Å². The summed E-state index contributed by atoms with van der Waals surface area (Å²) in [6.07, 6.45) is 5.79. The second kappa shape index (κ2) is 9.59. The molecule has 0 spiro atoms. The van der Waals surface area contributed by atoms with Crippen molar-refractivity contribution in [3.63, 3.8) is 0 Å². The van der Waals surface area contributed by atoms with Gasteiger partial charge in [0.05, 0.1) is 27.5 Å². The molecule has 0 saturated carbocycles. The average Bonchev–Trinajstić information content (AvgIpc) is 3.18. The Hall–Kier alpha value is -1.80. The molecule has 1 fully saturated rings. The molecule has 1 unspecified atom stereocenters. The third kappa shape index (κ3) is 5.06. The highest BCUT2D eigenvalue weighted by atomic mass is 35.5. The molecule has 1 atom stereocenters. The Bertz CT molecular complexity index is 962. The standard InChI is InChI=1S/C23H26Cl2F3N4/c24-20-5-4-6-21(22(20)25)31-13-11-30(12-14-31)10-2-1-3-15-32-16-8-18(23(26,27)28)17-19(32)7-9-29-32/h4-9,16-17H,1-3,10-15H2/q+1. The summed E-state index contributed by atoms with van der Waals surface area (Å²) in [7, 11) is 0. The fraction of sp³-hybridized carbons (Fsp3) is 0.435. The van der Waals surface area contributed by atoms with E-state index < -0.39 is 11.7 Å². The number of allylic oxidation sites excluding steroid dienone is 4. The second-order valence-corrected chi connectivity index (χ2v) is 9.07. The maximum absolute atomic E-state index is 13.0. The van der Waals surface area contributed by atoms with Gasteiger partial charge in [0.15, 0.2) is 5.70 Å². The van der Waals surface area contributed by atoms with Gasteiger partial charge in [-0.2, -0.15) is 13.2 Å². The molecule has 0 radical (unpaired) electrons. The molecule has 0 N–H and O–H groups in total. The van der Waals surface area contributed by atoms with Crippen molar-refractivity contribution in [3.8, 4) is 0 Å². The number of hydrogen-bond acceptors (Lipinski definition) is 3. The average molecular weight is 486 g/mol. The van der Waals surface area contributed by atoms with E-state index in [0.29, 0.717) is 22.3 Å². The zero-order valence-electron chi connectivity index (χ0n) is 17.7. The van der Waals surface area contributed by atoms with Crippen LogP contribution in [0.25, 0.3) is 0 Å². The molecule has 1 aromatic carbocycles. The summed E-state index contributed by atoms with van der Waals surface area (Å²) in [6, 6.07) is 5.72. The van der Waals surface area contributed by atoms with Crippen molar-refractivity contribution < 1.29 is 17.8 Å². The molecule has 3 heterocycles. The molecule has 9 heteroatoms. The molecule has 0 bridgehead atoms. The van der Waals surface area contributed by atoms with E-state index in [9.17, 15) is 13.2 Å². The highest BCUT2D eigenvalue weighted by molar-refractivity contribution is 6.43. The number of anilines is 1. The van der Waals surface area contributed by atoms with E-state index in [1.54, 1.807) is 24.6 Å². The van der Waals surface area contributed by atoms with Gasteiger partial charge in [-0.3, -0.25) is 4.90 Å². The third-order valence-electron chi connectivity index (χ3n) is 6.21. The third-order valence-corrected chi connectivity index (χ3v) is 7.02. The maximum Gasteiger partial charge on any atom is 0.416 e. The van der Waals surface area contributed by atoms with Crippen LogP contribution in [0.1, 0.15) is 19.3 Å². The van der Waals surface area contributed by atoms with Crippen LogP contribution in [0.15, 0.2) is 59.0 Å². The first-order valence-electron chi connectivity index (χ1n) is 10.8. The summed E-state index contributed by atoms with van der Waals surface area (Å²) in [6.45, 7) is 5.42. The molecular weight excluding hydrogens is 460 g/mol. The summed E-state index contributed by atoms with van der Waals surface area (Å²) < 4.78 is 39.1. The minimum absolute atomic E-state index is 0.138. The van der Waals surface area contributed by atoms with Crippen LogP contribution < -0.4 is 4.90 Å². The van der Waals surface area contributed by atoms with Crippen LogP contribution >= 0.6 is 23.2 Å². The van der Waals surface area contributed by atoms with E-state index in [1.807, 2.05) is 12.1 Å². The molecule has 3 aliphatic heterocycles. The van der Waals surface area contributed by atoms with E-state index in [0.717, 1.165) is 63.7 Å². The Morgan fingerprint density at radius 2 is 1.81 bits per heavy atom. The second-order valence-electron chi connectivity index (χ2n) is 8.28. The predicted octanol–water partition coefficient (Wildman–Crippen LogP) is 6.00. The molecule has 172 valence electrons. The monoisotopic (exact) mass is 485 g/mol. The van der Waals surface area contributed by atoms with Gasteiger partial charge in [0, 0.05) is 44.4 Å². The zero-order valence-corrected chi connectivity index (χ0v) is 19.2. The summed E-state index contributed by atoms with van der Waals surface area (Å²) in [5.41, 5.74) is 0.942. The van der Waals surface area contributed by atoms with Crippen molar-refractivity contribution in [3.05, 3.63) is 63.9 Å². The SMILES string of the molecule is FC(F)(F)C1=CC2=CC=N[N+]2(CCCCCN2CCN(c3cccc(Cl)c3Cl)CC2)C=C1. The lowest BCUT2D eigenvalue weighted by Crippen LogP contribution is -2.46. The van der Waals surface area contributed by atoms with Gasteiger partial charge in [-0.05, 0) is 37.9 Å². The lowest BCUT2D eigenvalue weighted by atomic mass is 10.1. The Kier molecular flexibility index (Phi) is 7.00. The molecular formula is C23H26Cl2F3N4+. The van der Waals surface area contributed by atoms with Crippen molar-refractivity contribution in [1.82, 2.24) is 4.90 Å². The summed E-state index contributed by atoms with van der Waals surface area (Å²) in [4.78, 5) is 4.71. The van der Waals surface area contributed by atoms with Gasteiger partial charge < -0.3 is 4.90 Å². The van der Waals surface area contributed by atoms with Crippen LogP contribution in [-0.4, -0.2) is 61.2 Å². The largest absolute Gasteiger partial charge is 0.416 e. The predicted molar refractivity (Wildman–Crippen MR) is 124 cm³/mol. The number of alkyl halides is 3. The number of quaternary nitrogens is 1. The van der Waals surface area contributed by atoms with E-state index in [4.69, 9.17) is 23.2 Å². The number of fused-ring (bicyclic) bond motifs is 1. The van der Waals surface area contributed by atoms with Crippen molar-refractivity contribution in [2.45, 2.75) is 25.4 Å². The van der Waals surface area contributed by atoms with Gasteiger partial charge in [0.25, 0.3) is 0 Å². The van der Waals surface area contributed by atoms with Gasteiger partial charge in [0.2, 0.25) is 0 Å². The van der Waals surface area contributed by atoms with Crippen molar-refractivity contribution in [2.24, 2.45) is 5.10 Å². The summed E-state index contributed by atoms with van der Waals surface area (Å²) in [5.74, 6) is 0. The van der Waals surface area contributed by atoms with Crippen LogP contribution in [0.3, 0.4) is 0 Å². The number of nitrogens with zero attached hydrogens (tertiary/aromatic N) is 4. The number of unbranched alkanes of at least 4 members (excludes halogenated alkanes) is 2. The van der Waals surface area contributed by atoms with Crippen molar-refractivity contribution >= 4 is 35.1 Å². The van der Waals surface area contributed by atoms with E-state index in [2.05, 4.69) is 14.9 Å². The van der Waals surface area contributed by atoms with E-state index >= 15 is 0 Å². The van der Waals surface area contributed by atoms with Crippen LogP contribution in [0.2, 0.25) is 10.0 Å². The molecule has 4 nitrogen and oxygen atoms in total. The highest BCUT2D eigenvalue weighted by Gasteiger charge is 2.41. The molecule has 0 amide bonds. The first-order valence-corrected chi connectivity index (χ1v) is 11.6. The fourth-order valence-corrected chi connectivity index (χ4v) is 4.79. The quantitative estimate of drug-likeness (QED) is 0.348. The van der Waals surface area contributed by atoms with Gasteiger partial charge in [0.1, 0.15) is 12.7 Å². The zero-order chi connectivity index (χ0) is 22.8. The number of benzene rings is 1. The smallest absolute Gasteiger partial charge is 0.368 e. The first kappa shape index (κ1) is 23.4. The van der Waals surface area contributed by atoms with Crippen LogP contribution in [0.5, 0.6) is 0 Å². The summed E-state index contributed by atoms with van der Waals surface area (Å²) in [5, 5.41) is 5.61. The number of halogens is 5. The topological polar surface area (TPSA) is 18.8 Å². The Morgan fingerprint density at radius 3 is 2.56 bits per heavy atom. The van der Waals surface area contributed by atoms with E-state index in [-0.39, 0.29) is 4.59 Å². The number of rotatable bonds is 7. The molecule has 3 aliphatic rings. The van der Waals surface area contributed by atoms with Gasteiger partial charge >= 0.3 is 6.18 Å². The maximum atomic E-state index is 13.0. The van der Waals surface area contributed by atoms with Crippen molar-refractivity contribution in [1.29, 1.82) is 0 Å². The molecule has 4 rings (SSSR count). The van der Waals surface area contributed by atoms with E-state index in [1.165, 1.54) is 6.08 Å². The van der Waals surface area contributed by atoms with Gasteiger partial charge in [-0.25, -0.2) is 0 Å². The lowest BCUT2D eigenvalue weighted by molar-refractivity contribution is -0.843. The van der Waals surface area contributed by atoms with Crippen LogP contribution in [0.4, 0.5) is 18.9 Å². The lowest BCUT2D eigenvalue weighted by Gasteiger charge is -2.36. The molecule has 32 heavy (non-hydrogen) atoms. The van der Waals surface area contributed by atoms with Gasteiger partial charge in [-0.15, -0.1) is 4.59 Å². The highest BCUT2D eigenvalue weighted by Crippen LogP contribution is 2.37. The Labute approximate surface area is 196 Å². The first-order chi connectivity index (χ1) is 15.3. The molecule has 0 aromatic heterocycles. The minimum atomic E-state index is -4.34. The Balaban J connectivity index is 1.19. The number of piperazine rings is 1.